The fourth-order valence-electron chi connectivity index (χ4n) is 4.54. The lowest BCUT2D eigenvalue weighted by Gasteiger charge is -2.22. The molecule has 0 saturated heterocycles. The predicted octanol–water partition coefficient (Wildman–Crippen LogP) is 6.14. The first kappa shape index (κ1) is 16.5. The average Bonchev–Trinajstić information content (AvgIpc) is 3.07. The highest BCUT2D eigenvalue weighted by molar-refractivity contribution is 5.90. The molecule has 3 nitrogen and oxygen atoms in total. The van der Waals surface area contributed by atoms with Crippen LogP contribution in [0.15, 0.2) is 48.7 Å². The van der Waals surface area contributed by atoms with Crippen molar-refractivity contribution >= 4 is 21.8 Å². The highest BCUT2D eigenvalue weighted by Gasteiger charge is 2.18. The topological polar surface area (TPSA) is 30.7 Å². The van der Waals surface area contributed by atoms with E-state index in [1.54, 1.807) is 0 Å². The molecule has 0 amide bonds. The van der Waals surface area contributed by atoms with Gasteiger partial charge >= 0.3 is 0 Å². The van der Waals surface area contributed by atoms with Gasteiger partial charge in [-0.3, -0.25) is 9.67 Å². The number of nitrogens with zero attached hydrogens (tertiary/aromatic N) is 3. The van der Waals surface area contributed by atoms with Crippen molar-refractivity contribution in [3.8, 4) is 11.1 Å². The van der Waals surface area contributed by atoms with Gasteiger partial charge < -0.3 is 0 Å². The molecule has 0 aliphatic heterocycles. The molecule has 2 heterocycles. The van der Waals surface area contributed by atoms with Gasteiger partial charge in [-0.25, -0.2) is 0 Å². The lowest BCUT2D eigenvalue weighted by atomic mass is 9.86. The van der Waals surface area contributed by atoms with Gasteiger partial charge in [-0.2, -0.15) is 5.10 Å². The highest BCUT2D eigenvalue weighted by atomic mass is 15.2. The maximum absolute atomic E-state index is 5.03. The van der Waals surface area contributed by atoms with Crippen LogP contribution in [0.2, 0.25) is 0 Å². The third-order valence-corrected chi connectivity index (χ3v) is 6.01. The number of fused-ring (bicyclic) bond motifs is 2. The highest BCUT2D eigenvalue weighted by Crippen LogP contribution is 2.34. The van der Waals surface area contributed by atoms with Crippen molar-refractivity contribution in [3.05, 3.63) is 59.9 Å². The van der Waals surface area contributed by atoms with E-state index in [0.29, 0.717) is 5.92 Å². The summed E-state index contributed by atoms with van der Waals surface area (Å²) in [5.41, 5.74) is 7.27. The zero-order valence-electron chi connectivity index (χ0n) is 16.1. The second-order valence-corrected chi connectivity index (χ2v) is 8.01. The summed E-state index contributed by atoms with van der Waals surface area (Å²) in [6.07, 6.45) is 8.73. The SMILES string of the molecule is Cc1cc(C2CCCCC2)nc2ccc(-c3ccc4nn(C)cc4c3)cc12. The quantitative estimate of drug-likeness (QED) is 0.432. The van der Waals surface area contributed by atoms with Crippen LogP contribution in [-0.2, 0) is 7.05 Å². The molecule has 0 radical (unpaired) electrons. The Hall–Kier alpha value is -2.68. The van der Waals surface area contributed by atoms with Crippen molar-refractivity contribution in [2.75, 3.05) is 0 Å². The zero-order valence-corrected chi connectivity index (χ0v) is 16.1. The molecule has 0 atom stereocenters. The molecule has 4 aromatic rings. The average molecular weight is 355 g/mol. The van der Waals surface area contributed by atoms with Gasteiger partial charge in [0.05, 0.1) is 11.0 Å². The summed E-state index contributed by atoms with van der Waals surface area (Å²) in [7, 11) is 1.97. The smallest absolute Gasteiger partial charge is 0.0923 e. The summed E-state index contributed by atoms with van der Waals surface area (Å²) in [6.45, 7) is 2.23. The fourth-order valence-corrected chi connectivity index (χ4v) is 4.54. The summed E-state index contributed by atoms with van der Waals surface area (Å²) >= 11 is 0. The number of rotatable bonds is 2. The van der Waals surface area contributed by atoms with Crippen molar-refractivity contribution in [1.82, 2.24) is 14.8 Å². The van der Waals surface area contributed by atoms with Crippen LogP contribution in [0.3, 0.4) is 0 Å². The van der Waals surface area contributed by atoms with Crippen molar-refractivity contribution in [1.29, 1.82) is 0 Å². The normalized spacial score (nSPS) is 15.6. The molecular formula is C24H25N3. The first-order chi connectivity index (χ1) is 13.2. The third kappa shape index (κ3) is 3.01. The van der Waals surface area contributed by atoms with E-state index in [9.17, 15) is 0 Å². The van der Waals surface area contributed by atoms with Crippen LogP contribution >= 0.6 is 0 Å². The van der Waals surface area contributed by atoms with Crippen molar-refractivity contribution < 1.29 is 0 Å². The van der Waals surface area contributed by atoms with Gasteiger partial charge in [0.15, 0.2) is 0 Å². The van der Waals surface area contributed by atoms with E-state index < -0.39 is 0 Å². The maximum atomic E-state index is 5.03. The van der Waals surface area contributed by atoms with Crippen molar-refractivity contribution in [2.24, 2.45) is 7.05 Å². The van der Waals surface area contributed by atoms with E-state index in [-0.39, 0.29) is 0 Å². The van der Waals surface area contributed by atoms with Gasteiger partial charge in [-0.15, -0.1) is 0 Å². The van der Waals surface area contributed by atoms with Crippen LogP contribution < -0.4 is 0 Å². The monoisotopic (exact) mass is 355 g/mol. The van der Waals surface area contributed by atoms with Crippen LogP contribution in [0.4, 0.5) is 0 Å². The van der Waals surface area contributed by atoms with Gasteiger partial charge in [0.1, 0.15) is 0 Å². The molecule has 5 rings (SSSR count). The second kappa shape index (κ2) is 6.49. The fraction of sp³-hybridized carbons (Fsp3) is 0.333. The van der Waals surface area contributed by atoms with E-state index in [0.717, 1.165) is 11.0 Å². The second-order valence-electron chi connectivity index (χ2n) is 8.01. The molecule has 0 bridgehead atoms. The third-order valence-electron chi connectivity index (χ3n) is 6.01. The molecule has 2 aromatic heterocycles. The Balaban J connectivity index is 1.56. The van der Waals surface area contributed by atoms with Crippen LogP contribution in [-0.4, -0.2) is 14.8 Å². The Morgan fingerprint density at radius 3 is 2.44 bits per heavy atom. The Kier molecular flexibility index (Phi) is 3.96. The number of aromatic nitrogens is 3. The molecule has 2 aromatic carbocycles. The standard InChI is InChI=1S/C24H25N3/c1-16-12-24(17-6-4-3-5-7-17)25-23-11-9-19(14-21(16)23)18-8-10-22-20(13-18)15-27(2)26-22/h8-15,17H,3-7H2,1-2H3. The summed E-state index contributed by atoms with van der Waals surface area (Å²) in [5, 5.41) is 6.91. The van der Waals surface area contributed by atoms with E-state index in [2.05, 4.69) is 60.7 Å². The molecule has 1 aliphatic rings. The van der Waals surface area contributed by atoms with Crippen LogP contribution in [0.5, 0.6) is 0 Å². The Labute approximate surface area is 160 Å². The van der Waals surface area contributed by atoms with Crippen molar-refractivity contribution in [3.63, 3.8) is 0 Å². The number of aryl methyl sites for hydroxylation is 2. The summed E-state index contributed by atoms with van der Waals surface area (Å²) in [6, 6.07) is 15.5. The first-order valence-corrected chi connectivity index (χ1v) is 10.0. The minimum atomic E-state index is 0.648. The number of pyridine rings is 1. The maximum Gasteiger partial charge on any atom is 0.0923 e. The number of hydrogen-bond acceptors (Lipinski definition) is 2. The lowest BCUT2D eigenvalue weighted by Crippen LogP contribution is -2.07. The number of hydrogen-bond donors (Lipinski definition) is 0. The minimum Gasteiger partial charge on any atom is -0.275 e. The van der Waals surface area contributed by atoms with E-state index in [1.807, 2.05) is 11.7 Å². The molecular weight excluding hydrogens is 330 g/mol. The minimum absolute atomic E-state index is 0.648. The molecule has 1 aliphatic carbocycles. The van der Waals surface area contributed by atoms with E-state index >= 15 is 0 Å². The van der Waals surface area contributed by atoms with Gasteiger partial charge in [-0.05, 0) is 66.8 Å². The van der Waals surface area contributed by atoms with Crippen molar-refractivity contribution in [2.45, 2.75) is 44.9 Å². The molecule has 27 heavy (non-hydrogen) atoms. The predicted molar refractivity (Wildman–Crippen MR) is 112 cm³/mol. The van der Waals surface area contributed by atoms with E-state index in [4.69, 9.17) is 4.98 Å². The van der Waals surface area contributed by atoms with Gasteiger partial charge in [0.25, 0.3) is 0 Å². The largest absolute Gasteiger partial charge is 0.275 e. The van der Waals surface area contributed by atoms with E-state index in [1.165, 1.54) is 65.3 Å². The Bertz CT molecular complexity index is 1130. The Morgan fingerprint density at radius 2 is 1.63 bits per heavy atom. The van der Waals surface area contributed by atoms with Crippen LogP contribution in [0.25, 0.3) is 32.9 Å². The Morgan fingerprint density at radius 1 is 0.889 bits per heavy atom. The molecule has 3 heteroatoms. The molecule has 1 fully saturated rings. The summed E-state index contributed by atoms with van der Waals surface area (Å²) in [4.78, 5) is 5.03. The van der Waals surface area contributed by atoms with Gasteiger partial charge in [0, 0.05) is 35.6 Å². The molecule has 0 unspecified atom stereocenters. The lowest BCUT2D eigenvalue weighted by molar-refractivity contribution is 0.437. The number of benzene rings is 2. The first-order valence-electron chi connectivity index (χ1n) is 10.0. The summed E-state index contributed by atoms with van der Waals surface area (Å²) in [5.74, 6) is 0.648. The van der Waals surface area contributed by atoms with Gasteiger partial charge in [-0.1, -0.05) is 31.4 Å². The molecule has 0 spiro atoms. The molecule has 1 saturated carbocycles. The van der Waals surface area contributed by atoms with Gasteiger partial charge in [0.2, 0.25) is 0 Å². The van der Waals surface area contributed by atoms with Crippen LogP contribution in [0, 0.1) is 6.92 Å². The molecule has 136 valence electrons. The zero-order chi connectivity index (χ0) is 18.4. The summed E-state index contributed by atoms with van der Waals surface area (Å²) < 4.78 is 1.87. The molecule has 0 N–H and O–H groups in total. The van der Waals surface area contributed by atoms with Crippen LogP contribution in [0.1, 0.15) is 49.3 Å².